The molecule has 0 bridgehead atoms. The second-order valence-electron chi connectivity index (χ2n) is 3.63. The van der Waals surface area contributed by atoms with Crippen molar-refractivity contribution in [3.8, 4) is 5.75 Å². The third kappa shape index (κ3) is 3.48. The van der Waals surface area contributed by atoms with E-state index in [0.717, 1.165) is 0 Å². The number of phenolic OH excluding ortho intramolecular Hbond substituents is 1. The van der Waals surface area contributed by atoms with Gasteiger partial charge in [-0.05, 0) is 19.1 Å². The van der Waals surface area contributed by atoms with Gasteiger partial charge in [-0.15, -0.1) is 0 Å². The Kier molecular flexibility index (Phi) is 5.17. The molecule has 0 saturated carbocycles. The Balaban J connectivity index is 2.96. The van der Waals surface area contributed by atoms with E-state index >= 15 is 0 Å². The summed E-state index contributed by atoms with van der Waals surface area (Å²) in [4.78, 5) is 24.5. The molecule has 1 N–H and O–H groups in total. The summed E-state index contributed by atoms with van der Waals surface area (Å²) in [7, 11) is 0. The average molecular weight is 251 g/mol. The lowest BCUT2D eigenvalue weighted by Crippen LogP contribution is -2.36. The summed E-state index contributed by atoms with van der Waals surface area (Å²) >= 11 is 0. The Labute approximate surface area is 106 Å². The monoisotopic (exact) mass is 251 g/mol. The van der Waals surface area contributed by atoms with Crippen molar-refractivity contribution in [2.45, 2.75) is 20.3 Å². The van der Waals surface area contributed by atoms with Crippen molar-refractivity contribution in [1.82, 2.24) is 0 Å². The number of aromatic hydroxyl groups is 1. The van der Waals surface area contributed by atoms with Crippen molar-refractivity contribution < 1.29 is 19.4 Å². The number of benzene rings is 1. The zero-order valence-corrected chi connectivity index (χ0v) is 10.5. The van der Waals surface area contributed by atoms with E-state index in [-0.39, 0.29) is 31.2 Å². The van der Waals surface area contributed by atoms with Crippen LogP contribution in [0.1, 0.15) is 20.3 Å². The van der Waals surface area contributed by atoms with Crippen LogP contribution >= 0.6 is 0 Å². The van der Waals surface area contributed by atoms with Gasteiger partial charge in [0.25, 0.3) is 0 Å². The molecule has 0 spiro atoms. The van der Waals surface area contributed by atoms with Crippen molar-refractivity contribution in [2.75, 3.05) is 18.1 Å². The number of carbonyl (C=O) groups is 2. The van der Waals surface area contributed by atoms with Gasteiger partial charge in [0.05, 0.1) is 12.3 Å². The van der Waals surface area contributed by atoms with Crippen LogP contribution in [-0.2, 0) is 14.3 Å². The van der Waals surface area contributed by atoms with Gasteiger partial charge in [0.15, 0.2) is 0 Å². The maximum absolute atomic E-state index is 11.8. The van der Waals surface area contributed by atoms with Crippen LogP contribution in [0.3, 0.4) is 0 Å². The molecular weight excluding hydrogens is 234 g/mol. The number of rotatable bonds is 5. The van der Waals surface area contributed by atoms with Crippen LogP contribution in [0, 0.1) is 0 Å². The second-order valence-corrected chi connectivity index (χ2v) is 3.63. The third-order valence-electron chi connectivity index (χ3n) is 2.37. The standard InChI is InChI=1S/C13H17NO4/c1-3-12(16)14(9-13(17)18-4-2)10-7-5-6-8-11(10)15/h5-8,15H,3-4,9H2,1-2H3. The molecule has 0 aliphatic heterocycles. The number of anilines is 1. The number of hydrogen-bond acceptors (Lipinski definition) is 4. The van der Waals surface area contributed by atoms with Gasteiger partial charge < -0.3 is 9.84 Å². The molecule has 0 saturated heterocycles. The molecule has 1 aromatic carbocycles. The molecule has 1 aromatic rings. The van der Waals surface area contributed by atoms with E-state index in [4.69, 9.17) is 4.74 Å². The Morgan fingerprint density at radius 1 is 1.28 bits per heavy atom. The summed E-state index contributed by atoms with van der Waals surface area (Å²) < 4.78 is 4.81. The highest BCUT2D eigenvalue weighted by molar-refractivity contribution is 5.98. The van der Waals surface area contributed by atoms with Crippen LogP contribution in [0.5, 0.6) is 5.75 Å². The zero-order chi connectivity index (χ0) is 13.5. The zero-order valence-electron chi connectivity index (χ0n) is 10.5. The predicted molar refractivity (Wildman–Crippen MR) is 67.4 cm³/mol. The minimum absolute atomic E-state index is 0.0383. The summed E-state index contributed by atoms with van der Waals surface area (Å²) in [6.07, 6.45) is 0.244. The largest absolute Gasteiger partial charge is 0.506 e. The van der Waals surface area contributed by atoms with Gasteiger partial charge in [0.1, 0.15) is 12.3 Å². The summed E-state index contributed by atoms with van der Waals surface area (Å²) in [5.74, 6) is -0.782. The number of carbonyl (C=O) groups excluding carboxylic acids is 2. The highest BCUT2D eigenvalue weighted by atomic mass is 16.5. The lowest BCUT2D eigenvalue weighted by atomic mass is 10.2. The second kappa shape index (κ2) is 6.64. The van der Waals surface area contributed by atoms with Crippen molar-refractivity contribution in [2.24, 2.45) is 0 Å². The minimum atomic E-state index is -0.498. The molecule has 5 heteroatoms. The summed E-state index contributed by atoms with van der Waals surface area (Å²) in [6, 6.07) is 6.40. The van der Waals surface area contributed by atoms with Gasteiger partial charge in [-0.25, -0.2) is 0 Å². The Bertz CT molecular complexity index is 431. The SMILES string of the molecule is CCOC(=O)CN(C(=O)CC)c1ccccc1O. The van der Waals surface area contributed by atoms with E-state index < -0.39 is 5.97 Å². The molecule has 0 radical (unpaired) electrons. The maximum atomic E-state index is 11.8. The lowest BCUT2D eigenvalue weighted by Gasteiger charge is -2.22. The third-order valence-corrected chi connectivity index (χ3v) is 2.37. The van der Waals surface area contributed by atoms with Gasteiger partial charge in [-0.1, -0.05) is 19.1 Å². The predicted octanol–water partition coefficient (Wildman–Crippen LogP) is 1.70. The number of nitrogens with zero attached hydrogens (tertiary/aromatic N) is 1. The highest BCUT2D eigenvalue weighted by Gasteiger charge is 2.20. The molecule has 18 heavy (non-hydrogen) atoms. The van der Waals surface area contributed by atoms with Crippen molar-refractivity contribution in [3.63, 3.8) is 0 Å². The normalized spacial score (nSPS) is 9.89. The van der Waals surface area contributed by atoms with Crippen LogP contribution in [0.4, 0.5) is 5.69 Å². The van der Waals surface area contributed by atoms with E-state index in [0.29, 0.717) is 5.69 Å². The first kappa shape index (κ1) is 14.0. The molecule has 98 valence electrons. The van der Waals surface area contributed by atoms with Crippen molar-refractivity contribution in [1.29, 1.82) is 0 Å². The minimum Gasteiger partial charge on any atom is -0.506 e. The van der Waals surface area contributed by atoms with Crippen LogP contribution in [0.25, 0.3) is 0 Å². The highest BCUT2D eigenvalue weighted by Crippen LogP contribution is 2.26. The smallest absolute Gasteiger partial charge is 0.326 e. The van der Waals surface area contributed by atoms with Crippen LogP contribution < -0.4 is 4.90 Å². The first-order valence-electron chi connectivity index (χ1n) is 5.84. The molecular formula is C13H17NO4. The summed E-state index contributed by atoms with van der Waals surface area (Å²) in [6.45, 7) is 3.45. The van der Waals surface area contributed by atoms with Gasteiger partial charge in [-0.3, -0.25) is 14.5 Å². The molecule has 5 nitrogen and oxygen atoms in total. The number of phenols is 1. The fourth-order valence-electron chi connectivity index (χ4n) is 1.53. The molecule has 0 aromatic heterocycles. The quantitative estimate of drug-likeness (QED) is 0.809. The first-order valence-corrected chi connectivity index (χ1v) is 5.84. The topological polar surface area (TPSA) is 66.8 Å². The number of amides is 1. The van der Waals surface area contributed by atoms with E-state index in [9.17, 15) is 14.7 Å². The Hall–Kier alpha value is -2.04. The van der Waals surface area contributed by atoms with E-state index in [2.05, 4.69) is 0 Å². The fraction of sp³-hybridized carbons (Fsp3) is 0.385. The molecule has 0 aliphatic rings. The molecule has 1 amide bonds. The Morgan fingerprint density at radius 2 is 1.94 bits per heavy atom. The molecule has 0 atom stereocenters. The molecule has 0 fully saturated rings. The Morgan fingerprint density at radius 3 is 2.50 bits per heavy atom. The van der Waals surface area contributed by atoms with Crippen molar-refractivity contribution in [3.05, 3.63) is 24.3 Å². The maximum Gasteiger partial charge on any atom is 0.326 e. The number of hydrogen-bond donors (Lipinski definition) is 1. The molecule has 0 unspecified atom stereocenters. The van der Waals surface area contributed by atoms with Gasteiger partial charge in [-0.2, -0.15) is 0 Å². The number of para-hydroxylation sites is 2. The van der Waals surface area contributed by atoms with E-state index in [1.807, 2.05) is 0 Å². The first-order chi connectivity index (χ1) is 8.60. The van der Waals surface area contributed by atoms with Crippen LogP contribution in [0.15, 0.2) is 24.3 Å². The van der Waals surface area contributed by atoms with Crippen molar-refractivity contribution >= 4 is 17.6 Å². The summed E-state index contributed by atoms with van der Waals surface area (Å²) in [5, 5.41) is 9.72. The molecule has 0 aliphatic carbocycles. The fourth-order valence-corrected chi connectivity index (χ4v) is 1.53. The van der Waals surface area contributed by atoms with Crippen LogP contribution in [0.2, 0.25) is 0 Å². The van der Waals surface area contributed by atoms with E-state index in [1.54, 1.807) is 32.0 Å². The summed E-state index contributed by atoms with van der Waals surface area (Å²) in [5.41, 5.74) is 0.317. The number of esters is 1. The lowest BCUT2D eigenvalue weighted by molar-refractivity contribution is -0.142. The molecule has 0 heterocycles. The van der Waals surface area contributed by atoms with Gasteiger partial charge in [0, 0.05) is 6.42 Å². The average Bonchev–Trinajstić information content (AvgIpc) is 2.36. The van der Waals surface area contributed by atoms with Gasteiger partial charge in [0.2, 0.25) is 5.91 Å². The van der Waals surface area contributed by atoms with Crippen LogP contribution in [-0.4, -0.2) is 30.1 Å². The molecule has 1 rings (SSSR count). The van der Waals surface area contributed by atoms with Gasteiger partial charge >= 0.3 is 5.97 Å². The van der Waals surface area contributed by atoms with E-state index in [1.165, 1.54) is 11.0 Å². The number of ether oxygens (including phenoxy) is 1.